The molecule has 2 heterocycles. The molecule has 0 aliphatic carbocycles. The molecule has 3 rings (SSSR count). The van der Waals surface area contributed by atoms with Crippen molar-refractivity contribution in [2.45, 2.75) is 30.7 Å². The summed E-state index contributed by atoms with van der Waals surface area (Å²) >= 11 is 1.40. The van der Waals surface area contributed by atoms with Crippen molar-refractivity contribution in [1.29, 1.82) is 0 Å². The molecule has 0 bridgehead atoms. The van der Waals surface area contributed by atoms with Gasteiger partial charge in [0.1, 0.15) is 4.90 Å². The molecule has 0 fully saturated rings. The fourth-order valence-corrected chi connectivity index (χ4v) is 5.58. The number of nitrogens with two attached hydrogens (primary N) is 1. The van der Waals surface area contributed by atoms with Gasteiger partial charge in [-0.25, -0.2) is 8.42 Å². The van der Waals surface area contributed by atoms with E-state index >= 15 is 0 Å². The highest BCUT2D eigenvalue weighted by Gasteiger charge is 2.30. The van der Waals surface area contributed by atoms with Crippen LogP contribution < -0.4 is 10.0 Å². The molecule has 112 valence electrons. The molecule has 1 aromatic heterocycles. The third kappa shape index (κ3) is 2.59. The molecule has 6 heteroatoms. The Labute approximate surface area is 129 Å². The van der Waals surface area contributed by atoms with Gasteiger partial charge < -0.3 is 5.73 Å². The molecular weight excluding hydrogens is 304 g/mol. The van der Waals surface area contributed by atoms with Crippen molar-refractivity contribution in [1.82, 2.24) is 0 Å². The van der Waals surface area contributed by atoms with Crippen LogP contribution in [0.5, 0.6) is 0 Å². The molecule has 1 aliphatic heterocycles. The van der Waals surface area contributed by atoms with E-state index in [0.29, 0.717) is 11.4 Å². The van der Waals surface area contributed by atoms with Gasteiger partial charge in [0.15, 0.2) is 0 Å². The lowest BCUT2D eigenvalue weighted by Crippen LogP contribution is -2.32. The van der Waals surface area contributed by atoms with Crippen LogP contribution in [0.4, 0.5) is 5.69 Å². The summed E-state index contributed by atoms with van der Waals surface area (Å²) in [5.74, 6) is 0. The highest BCUT2D eigenvalue weighted by molar-refractivity contribution is 7.93. The van der Waals surface area contributed by atoms with Crippen molar-refractivity contribution in [3.8, 4) is 0 Å². The Kier molecular flexibility index (Phi) is 4.01. The summed E-state index contributed by atoms with van der Waals surface area (Å²) < 4.78 is 27.6. The second-order valence-corrected chi connectivity index (χ2v) is 7.91. The van der Waals surface area contributed by atoms with E-state index in [9.17, 15) is 8.42 Å². The highest BCUT2D eigenvalue weighted by atomic mass is 32.2. The van der Waals surface area contributed by atoms with Gasteiger partial charge in [-0.3, -0.25) is 4.31 Å². The van der Waals surface area contributed by atoms with Gasteiger partial charge in [0.2, 0.25) is 0 Å². The lowest BCUT2D eigenvalue weighted by atomic mass is 10.1. The zero-order chi connectivity index (χ0) is 14.9. The average Bonchev–Trinajstić information content (AvgIpc) is 2.87. The molecule has 0 radical (unpaired) electrons. The van der Waals surface area contributed by atoms with E-state index in [1.165, 1.54) is 11.3 Å². The summed E-state index contributed by atoms with van der Waals surface area (Å²) in [5.41, 5.74) is 7.58. The summed E-state index contributed by atoms with van der Waals surface area (Å²) in [7, 11) is -3.53. The van der Waals surface area contributed by atoms with Crippen LogP contribution in [0.25, 0.3) is 0 Å². The summed E-state index contributed by atoms with van der Waals surface area (Å²) in [6, 6.07) is 9.43. The quantitative estimate of drug-likeness (QED) is 0.945. The van der Waals surface area contributed by atoms with Gasteiger partial charge in [0.05, 0.1) is 5.69 Å². The number of hydrogen-bond donors (Lipinski definition) is 1. The number of hydrogen-bond acceptors (Lipinski definition) is 4. The van der Waals surface area contributed by atoms with Crippen LogP contribution in [0.1, 0.15) is 23.3 Å². The number of benzene rings is 1. The molecule has 21 heavy (non-hydrogen) atoms. The molecule has 2 N–H and O–H groups in total. The van der Waals surface area contributed by atoms with E-state index in [1.54, 1.807) is 15.8 Å². The monoisotopic (exact) mass is 322 g/mol. The van der Waals surface area contributed by atoms with Gasteiger partial charge in [0.25, 0.3) is 10.0 Å². The van der Waals surface area contributed by atoms with Crippen LogP contribution in [-0.4, -0.2) is 15.0 Å². The van der Waals surface area contributed by atoms with Crippen LogP contribution in [0.15, 0.2) is 40.6 Å². The number of sulfonamides is 1. The normalized spacial score (nSPS) is 15.6. The van der Waals surface area contributed by atoms with E-state index in [1.807, 2.05) is 24.3 Å². The molecule has 0 amide bonds. The fraction of sp³-hybridized carbons (Fsp3) is 0.333. The predicted octanol–water partition coefficient (Wildman–Crippen LogP) is 2.74. The van der Waals surface area contributed by atoms with Crippen molar-refractivity contribution in [2.75, 3.05) is 10.8 Å². The van der Waals surface area contributed by atoms with E-state index < -0.39 is 10.0 Å². The van der Waals surface area contributed by atoms with E-state index in [0.717, 1.165) is 35.4 Å². The van der Waals surface area contributed by atoms with Gasteiger partial charge in [-0.05, 0) is 42.3 Å². The van der Waals surface area contributed by atoms with Crippen molar-refractivity contribution in [3.05, 3.63) is 46.2 Å². The second-order valence-electron chi connectivity index (χ2n) is 5.08. The number of para-hydroxylation sites is 1. The molecular formula is C15H18N2O2S2. The van der Waals surface area contributed by atoms with Crippen LogP contribution in [0.2, 0.25) is 0 Å². The van der Waals surface area contributed by atoms with Crippen molar-refractivity contribution in [2.24, 2.45) is 5.73 Å². The van der Waals surface area contributed by atoms with Crippen LogP contribution in [0, 0.1) is 0 Å². The van der Waals surface area contributed by atoms with Crippen LogP contribution >= 0.6 is 11.3 Å². The Hall–Kier alpha value is -1.37. The largest absolute Gasteiger partial charge is 0.326 e. The Balaban J connectivity index is 2.11. The molecule has 1 aliphatic rings. The first-order valence-electron chi connectivity index (χ1n) is 7.01. The minimum Gasteiger partial charge on any atom is -0.326 e. The number of aryl methyl sites for hydroxylation is 1. The number of fused-ring (bicyclic) bond motifs is 1. The predicted molar refractivity (Wildman–Crippen MR) is 86.1 cm³/mol. The Morgan fingerprint density at radius 2 is 2.00 bits per heavy atom. The summed E-state index contributed by atoms with van der Waals surface area (Å²) in [5, 5.41) is 1.79. The number of nitrogens with zero attached hydrogens (tertiary/aromatic N) is 1. The number of rotatable bonds is 3. The third-order valence-corrected chi connectivity index (χ3v) is 6.75. The van der Waals surface area contributed by atoms with Crippen molar-refractivity contribution < 1.29 is 8.42 Å². The smallest absolute Gasteiger partial charge is 0.265 e. The fourth-order valence-electron chi connectivity index (χ4n) is 2.73. The van der Waals surface area contributed by atoms with Crippen LogP contribution in [0.3, 0.4) is 0 Å². The van der Waals surface area contributed by atoms with Crippen LogP contribution in [-0.2, 0) is 23.0 Å². The first kappa shape index (κ1) is 14.6. The van der Waals surface area contributed by atoms with Gasteiger partial charge in [-0.1, -0.05) is 18.2 Å². The lowest BCUT2D eigenvalue weighted by molar-refractivity contribution is 0.589. The van der Waals surface area contributed by atoms with E-state index in [4.69, 9.17) is 5.73 Å². The molecule has 4 nitrogen and oxygen atoms in total. The Bertz CT molecular complexity index is 738. The standard InChI is InChI=1S/C15H18N2O2S2/c16-11-14-15(8-10-20-14)21(18,19)17-9-4-3-6-12-5-1-2-7-13(12)17/h1-2,5,7-8,10H,3-4,6,9,11,16H2. The molecule has 0 atom stereocenters. The van der Waals surface area contributed by atoms with Gasteiger partial charge in [-0.2, -0.15) is 0 Å². The van der Waals surface area contributed by atoms with E-state index in [-0.39, 0.29) is 6.54 Å². The zero-order valence-electron chi connectivity index (χ0n) is 11.7. The molecule has 0 saturated heterocycles. The Morgan fingerprint density at radius 1 is 1.19 bits per heavy atom. The molecule has 2 aromatic rings. The van der Waals surface area contributed by atoms with E-state index in [2.05, 4.69) is 0 Å². The maximum absolute atomic E-state index is 13.0. The van der Waals surface area contributed by atoms with Crippen molar-refractivity contribution in [3.63, 3.8) is 0 Å². The summed E-state index contributed by atoms with van der Waals surface area (Å²) in [6.07, 6.45) is 2.81. The SMILES string of the molecule is NCc1sccc1S(=O)(=O)N1CCCCc2ccccc21. The second kappa shape index (κ2) is 5.79. The lowest BCUT2D eigenvalue weighted by Gasteiger charge is -2.24. The maximum atomic E-state index is 13.0. The Morgan fingerprint density at radius 3 is 2.81 bits per heavy atom. The summed E-state index contributed by atoms with van der Waals surface area (Å²) in [4.78, 5) is 1.07. The first-order valence-corrected chi connectivity index (χ1v) is 9.33. The average molecular weight is 322 g/mol. The van der Waals surface area contributed by atoms with Gasteiger partial charge in [0, 0.05) is 18.0 Å². The highest BCUT2D eigenvalue weighted by Crippen LogP contribution is 2.33. The zero-order valence-corrected chi connectivity index (χ0v) is 13.3. The summed E-state index contributed by atoms with van der Waals surface area (Å²) in [6.45, 7) is 0.779. The molecule has 1 aromatic carbocycles. The minimum absolute atomic E-state index is 0.252. The molecule has 0 saturated carbocycles. The maximum Gasteiger partial charge on any atom is 0.265 e. The minimum atomic E-state index is -3.53. The third-order valence-electron chi connectivity index (χ3n) is 3.78. The number of thiophene rings is 1. The molecule has 0 spiro atoms. The van der Waals surface area contributed by atoms with Crippen molar-refractivity contribution >= 4 is 27.0 Å². The first-order chi connectivity index (χ1) is 10.1. The topological polar surface area (TPSA) is 63.4 Å². The van der Waals surface area contributed by atoms with Gasteiger partial charge >= 0.3 is 0 Å². The van der Waals surface area contributed by atoms with Gasteiger partial charge in [-0.15, -0.1) is 11.3 Å². The number of anilines is 1. The molecule has 0 unspecified atom stereocenters.